The fraction of sp³-hybridized carbons (Fsp3) is 0.429. The Morgan fingerprint density at radius 3 is 2.53 bits per heavy atom. The number of carboxylic acid groups (broad SMARTS) is 1. The first-order valence-electron chi connectivity index (χ1n) is 6.37. The Morgan fingerprint density at radius 2 is 1.95 bits per heavy atom. The molecule has 1 aromatic rings. The number of aryl methyl sites for hydroxylation is 2. The van der Waals surface area contributed by atoms with Crippen LogP contribution in [-0.4, -0.2) is 34.6 Å². The highest BCUT2D eigenvalue weighted by Gasteiger charge is 2.34. The highest BCUT2D eigenvalue weighted by molar-refractivity contribution is 5.94. The number of aliphatic carboxylic acids is 1. The summed E-state index contributed by atoms with van der Waals surface area (Å²) in [5.41, 5.74) is 2.71. The van der Waals surface area contributed by atoms with Gasteiger partial charge in [-0.1, -0.05) is 18.2 Å². The smallest absolute Gasteiger partial charge is 0.326 e. The van der Waals surface area contributed by atoms with E-state index in [1.807, 2.05) is 32.0 Å². The fourth-order valence-corrected chi connectivity index (χ4v) is 2.46. The van der Waals surface area contributed by atoms with Crippen molar-refractivity contribution in [1.82, 2.24) is 4.90 Å². The van der Waals surface area contributed by atoms with Crippen LogP contribution in [0.1, 0.15) is 24.0 Å². The second-order valence-corrected chi connectivity index (χ2v) is 4.89. The monoisotopic (exact) mass is 262 g/mol. The van der Waals surface area contributed by atoms with Crippen LogP contribution < -0.4 is 5.32 Å². The summed E-state index contributed by atoms with van der Waals surface area (Å²) in [5, 5.41) is 11.9. The van der Waals surface area contributed by atoms with Crippen LogP contribution in [0.4, 0.5) is 10.5 Å². The van der Waals surface area contributed by atoms with Crippen LogP contribution in [0.25, 0.3) is 0 Å². The van der Waals surface area contributed by atoms with Crippen molar-refractivity contribution in [3.05, 3.63) is 29.3 Å². The molecule has 1 atom stereocenters. The van der Waals surface area contributed by atoms with Crippen LogP contribution in [0.5, 0.6) is 0 Å². The molecule has 0 bridgehead atoms. The number of urea groups is 1. The Hall–Kier alpha value is -2.04. The van der Waals surface area contributed by atoms with Crippen molar-refractivity contribution in [2.24, 2.45) is 0 Å². The van der Waals surface area contributed by atoms with Gasteiger partial charge >= 0.3 is 12.0 Å². The highest BCUT2D eigenvalue weighted by atomic mass is 16.4. The number of carbonyl (C=O) groups excluding carboxylic acids is 1. The lowest BCUT2D eigenvalue weighted by atomic mass is 10.1. The third-order valence-corrected chi connectivity index (χ3v) is 3.51. The topological polar surface area (TPSA) is 69.6 Å². The molecule has 0 unspecified atom stereocenters. The van der Waals surface area contributed by atoms with Gasteiger partial charge in [0.15, 0.2) is 0 Å². The summed E-state index contributed by atoms with van der Waals surface area (Å²) >= 11 is 0. The second-order valence-electron chi connectivity index (χ2n) is 4.89. The second kappa shape index (κ2) is 5.30. The number of carbonyl (C=O) groups is 2. The zero-order valence-corrected chi connectivity index (χ0v) is 11.1. The molecule has 1 heterocycles. The average molecular weight is 262 g/mol. The average Bonchev–Trinajstić information content (AvgIpc) is 2.83. The van der Waals surface area contributed by atoms with E-state index in [1.165, 1.54) is 4.90 Å². The largest absolute Gasteiger partial charge is 0.480 e. The van der Waals surface area contributed by atoms with Crippen molar-refractivity contribution in [1.29, 1.82) is 0 Å². The minimum absolute atomic E-state index is 0.331. The zero-order valence-electron chi connectivity index (χ0n) is 11.1. The number of para-hydroxylation sites is 1. The molecule has 2 N–H and O–H groups in total. The van der Waals surface area contributed by atoms with Crippen molar-refractivity contribution in [2.75, 3.05) is 11.9 Å². The summed E-state index contributed by atoms with van der Waals surface area (Å²) in [6.07, 6.45) is 1.26. The molecule has 102 valence electrons. The maximum atomic E-state index is 12.2. The molecular formula is C14H18N2O3. The van der Waals surface area contributed by atoms with Gasteiger partial charge in [0.25, 0.3) is 0 Å². The first kappa shape index (κ1) is 13.4. The van der Waals surface area contributed by atoms with Gasteiger partial charge in [0.1, 0.15) is 6.04 Å². The molecule has 1 aliphatic heterocycles. The van der Waals surface area contributed by atoms with Crippen molar-refractivity contribution in [2.45, 2.75) is 32.7 Å². The third kappa shape index (κ3) is 2.70. The molecule has 0 radical (unpaired) electrons. The molecule has 1 aromatic carbocycles. The van der Waals surface area contributed by atoms with Crippen molar-refractivity contribution in [3.63, 3.8) is 0 Å². The fourth-order valence-electron chi connectivity index (χ4n) is 2.46. The summed E-state index contributed by atoms with van der Waals surface area (Å²) in [7, 11) is 0. The molecule has 1 aliphatic rings. The molecule has 1 saturated heterocycles. The molecule has 0 saturated carbocycles. The lowest BCUT2D eigenvalue weighted by Crippen LogP contribution is -2.43. The zero-order chi connectivity index (χ0) is 14.0. The van der Waals surface area contributed by atoms with E-state index in [4.69, 9.17) is 5.11 Å². The molecule has 2 amide bonds. The number of anilines is 1. The lowest BCUT2D eigenvalue weighted by Gasteiger charge is -2.23. The molecule has 5 heteroatoms. The number of nitrogens with zero attached hydrogens (tertiary/aromatic N) is 1. The number of hydrogen-bond donors (Lipinski definition) is 2. The maximum absolute atomic E-state index is 12.2. The van der Waals surface area contributed by atoms with E-state index in [0.29, 0.717) is 13.0 Å². The molecule has 0 spiro atoms. The molecule has 0 aromatic heterocycles. The number of rotatable bonds is 2. The van der Waals surface area contributed by atoms with Gasteiger partial charge in [-0.05, 0) is 37.8 Å². The quantitative estimate of drug-likeness (QED) is 0.859. The van der Waals surface area contributed by atoms with Gasteiger partial charge in [-0.3, -0.25) is 0 Å². The maximum Gasteiger partial charge on any atom is 0.326 e. The van der Waals surface area contributed by atoms with Gasteiger partial charge in [-0.25, -0.2) is 9.59 Å². The van der Waals surface area contributed by atoms with Gasteiger partial charge < -0.3 is 15.3 Å². The van der Waals surface area contributed by atoms with Crippen LogP contribution in [-0.2, 0) is 4.79 Å². The Labute approximate surface area is 112 Å². The van der Waals surface area contributed by atoms with Crippen molar-refractivity contribution >= 4 is 17.7 Å². The standard InChI is InChI=1S/C14H18N2O3/c1-9-5-3-6-10(2)12(9)15-14(19)16-8-4-7-11(16)13(17)18/h3,5-6,11H,4,7-8H2,1-2H3,(H,15,19)(H,17,18)/t11-/m0/s1. The van der Waals surface area contributed by atoms with Crippen LogP contribution in [0.15, 0.2) is 18.2 Å². The minimum atomic E-state index is -0.936. The van der Waals surface area contributed by atoms with E-state index in [1.54, 1.807) is 0 Å². The van der Waals surface area contributed by atoms with Crippen LogP contribution in [0.3, 0.4) is 0 Å². The Morgan fingerprint density at radius 1 is 1.32 bits per heavy atom. The number of hydrogen-bond acceptors (Lipinski definition) is 2. The van der Waals surface area contributed by atoms with Gasteiger partial charge in [-0.15, -0.1) is 0 Å². The third-order valence-electron chi connectivity index (χ3n) is 3.51. The molecular weight excluding hydrogens is 244 g/mol. The Kier molecular flexibility index (Phi) is 3.74. The first-order valence-corrected chi connectivity index (χ1v) is 6.37. The highest BCUT2D eigenvalue weighted by Crippen LogP contribution is 2.23. The molecule has 2 rings (SSSR count). The van der Waals surface area contributed by atoms with E-state index in [2.05, 4.69) is 5.32 Å². The molecule has 0 aliphatic carbocycles. The van der Waals surface area contributed by atoms with E-state index in [9.17, 15) is 9.59 Å². The van der Waals surface area contributed by atoms with Gasteiger partial charge in [-0.2, -0.15) is 0 Å². The SMILES string of the molecule is Cc1cccc(C)c1NC(=O)N1CCC[C@H]1C(=O)O. The van der Waals surface area contributed by atoms with E-state index < -0.39 is 12.0 Å². The minimum Gasteiger partial charge on any atom is -0.480 e. The summed E-state index contributed by atoms with van der Waals surface area (Å²) in [6.45, 7) is 4.33. The van der Waals surface area contributed by atoms with Crippen LogP contribution in [0, 0.1) is 13.8 Å². The Bertz CT molecular complexity index is 493. The van der Waals surface area contributed by atoms with Crippen molar-refractivity contribution in [3.8, 4) is 0 Å². The Balaban J connectivity index is 2.15. The van der Waals surface area contributed by atoms with E-state index in [0.717, 1.165) is 23.2 Å². The molecule has 5 nitrogen and oxygen atoms in total. The molecule has 19 heavy (non-hydrogen) atoms. The number of amides is 2. The number of benzene rings is 1. The summed E-state index contributed by atoms with van der Waals surface area (Å²) < 4.78 is 0. The van der Waals surface area contributed by atoms with E-state index in [-0.39, 0.29) is 6.03 Å². The van der Waals surface area contributed by atoms with Gasteiger partial charge in [0.05, 0.1) is 0 Å². The normalized spacial score (nSPS) is 18.4. The number of nitrogens with one attached hydrogen (secondary N) is 1. The van der Waals surface area contributed by atoms with Gasteiger partial charge in [0.2, 0.25) is 0 Å². The van der Waals surface area contributed by atoms with Gasteiger partial charge in [0, 0.05) is 12.2 Å². The summed E-state index contributed by atoms with van der Waals surface area (Å²) in [5.74, 6) is -0.936. The van der Waals surface area contributed by atoms with E-state index >= 15 is 0 Å². The lowest BCUT2D eigenvalue weighted by molar-refractivity contribution is -0.141. The molecule has 1 fully saturated rings. The summed E-state index contributed by atoms with van der Waals surface area (Å²) in [4.78, 5) is 24.7. The summed E-state index contributed by atoms with van der Waals surface area (Å²) in [6, 6.07) is 4.73. The predicted molar refractivity (Wildman–Crippen MR) is 72.3 cm³/mol. The number of carboxylic acids is 1. The van der Waals surface area contributed by atoms with Crippen molar-refractivity contribution < 1.29 is 14.7 Å². The van der Waals surface area contributed by atoms with Crippen LogP contribution >= 0.6 is 0 Å². The first-order chi connectivity index (χ1) is 9.00. The predicted octanol–water partition coefficient (Wildman–Crippen LogP) is 2.38. The van der Waals surface area contributed by atoms with Crippen LogP contribution in [0.2, 0.25) is 0 Å². The number of likely N-dealkylation sites (tertiary alicyclic amines) is 1.